The molecule has 2 saturated carbocycles. The zero-order chi connectivity index (χ0) is 17.5. The van der Waals surface area contributed by atoms with E-state index in [9.17, 15) is 4.79 Å². The highest BCUT2D eigenvalue weighted by molar-refractivity contribution is 5.78. The van der Waals surface area contributed by atoms with E-state index in [2.05, 4.69) is 43.9 Å². The van der Waals surface area contributed by atoms with Crippen molar-refractivity contribution in [3.05, 3.63) is 45.9 Å². The third kappa shape index (κ3) is 3.04. The minimum Gasteiger partial charge on any atom is -0.366 e. The van der Waals surface area contributed by atoms with Crippen molar-refractivity contribution in [3.63, 3.8) is 0 Å². The lowest BCUT2D eigenvalue weighted by molar-refractivity contribution is 0.466. The molecule has 3 aromatic rings. The zero-order valence-electron chi connectivity index (χ0n) is 14.8. The number of fused-ring (bicyclic) bond motifs is 1. The van der Waals surface area contributed by atoms with Crippen molar-refractivity contribution < 1.29 is 0 Å². The van der Waals surface area contributed by atoms with Gasteiger partial charge in [0.25, 0.3) is 5.56 Å². The Balaban J connectivity index is 1.22. The van der Waals surface area contributed by atoms with E-state index >= 15 is 0 Å². The Labute approximate surface area is 151 Å². The maximum absolute atomic E-state index is 11.6. The van der Waals surface area contributed by atoms with Gasteiger partial charge in [0.1, 0.15) is 5.82 Å². The molecular weight excluding hydrogens is 326 g/mol. The maximum Gasteiger partial charge on any atom is 0.271 e. The van der Waals surface area contributed by atoms with Crippen LogP contribution in [0.25, 0.3) is 10.9 Å². The average Bonchev–Trinajstić information content (AvgIpc) is 3.06. The van der Waals surface area contributed by atoms with Gasteiger partial charge < -0.3 is 5.32 Å². The van der Waals surface area contributed by atoms with E-state index in [1.807, 2.05) is 6.07 Å². The van der Waals surface area contributed by atoms with Gasteiger partial charge in [0.15, 0.2) is 0 Å². The Bertz CT molecular complexity index is 964. The molecule has 0 bridgehead atoms. The molecule has 2 heterocycles. The second-order valence-corrected chi connectivity index (χ2v) is 7.92. The van der Waals surface area contributed by atoms with E-state index in [0.29, 0.717) is 17.9 Å². The van der Waals surface area contributed by atoms with Crippen LogP contribution in [0.2, 0.25) is 0 Å². The summed E-state index contributed by atoms with van der Waals surface area (Å²) in [5.74, 6) is 2.40. The summed E-state index contributed by atoms with van der Waals surface area (Å²) in [6, 6.07) is 8.82. The summed E-state index contributed by atoms with van der Waals surface area (Å²) in [6.07, 6.45) is 8.58. The van der Waals surface area contributed by atoms with Crippen LogP contribution < -0.4 is 10.9 Å². The van der Waals surface area contributed by atoms with Crippen LogP contribution in [0.5, 0.6) is 0 Å². The van der Waals surface area contributed by atoms with Crippen LogP contribution in [0.4, 0.5) is 5.82 Å². The number of H-pyrrole nitrogens is 3. The van der Waals surface area contributed by atoms with Crippen molar-refractivity contribution in [2.45, 2.75) is 56.9 Å². The molecule has 0 aliphatic heterocycles. The second kappa shape index (κ2) is 6.34. The molecule has 2 unspecified atom stereocenters. The summed E-state index contributed by atoms with van der Waals surface area (Å²) in [4.78, 5) is 11.6. The number of aryl methyl sites for hydroxylation is 1. The fourth-order valence-electron chi connectivity index (χ4n) is 4.37. The number of aromatic amines is 3. The summed E-state index contributed by atoms with van der Waals surface area (Å²) in [6.45, 7) is 0. The molecule has 6 nitrogen and oxygen atoms in total. The normalized spacial score (nSPS) is 22.9. The molecule has 0 saturated heterocycles. The number of hydrogen-bond acceptors (Lipinski definition) is 3. The molecule has 2 aliphatic rings. The smallest absolute Gasteiger partial charge is 0.271 e. The minimum atomic E-state index is -0.0452. The van der Waals surface area contributed by atoms with E-state index in [1.165, 1.54) is 43.4 Å². The van der Waals surface area contributed by atoms with Gasteiger partial charge in [-0.3, -0.25) is 20.1 Å². The number of rotatable bonds is 6. The number of anilines is 1. The van der Waals surface area contributed by atoms with E-state index in [0.717, 1.165) is 29.6 Å². The monoisotopic (exact) mass is 351 g/mol. The zero-order valence-corrected chi connectivity index (χ0v) is 14.8. The molecule has 136 valence electrons. The number of aromatic nitrogens is 4. The van der Waals surface area contributed by atoms with Gasteiger partial charge in [-0.15, -0.1) is 0 Å². The first kappa shape index (κ1) is 15.7. The third-order valence-electron chi connectivity index (χ3n) is 6.05. The molecule has 0 amide bonds. The Morgan fingerprint density at radius 3 is 2.92 bits per heavy atom. The van der Waals surface area contributed by atoms with Crippen molar-refractivity contribution in [1.82, 2.24) is 20.4 Å². The second-order valence-electron chi connectivity index (χ2n) is 7.92. The molecule has 1 aromatic carbocycles. The highest BCUT2D eigenvalue weighted by atomic mass is 16.1. The lowest BCUT2D eigenvalue weighted by atomic mass is 9.94. The molecule has 6 heteroatoms. The summed E-state index contributed by atoms with van der Waals surface area (Å²) in [5, 5.41) is 17.7. The first-order valence-electron chi connectivity index (χ1n) is 9.77. The number of hydrogen-bond donors (Lipinski definition) is 4. The number of nitrogens with zero attached hydrogens (tertiary/aromatic N) is 1. The molecular formula is C20H25N5O. The van der Waals surface area contributed by atoms with Crippen molar-refractivity contribution in [2.24, 2.45) is 5.92 Å². The Kier molecular flexibility index (Phi) is 3.84. The Hall–Kier alpha value is -2.50. The molecule has 2 atom stereocenters. The molecule has 5 rings (SSSR count). The third-order valence-corrected chi connectivity index (χ3v) is 6.05. The molecule has 26 heavy (non-hydrogen) atoms. The van der Waals surface area contributed by atoms with E-state index < -0.39 is 0 Å². The SMILES string of the molecule is O=c1[nH][nH]c2cc(CCC3CCCC3Nc3cc(C4CC4)[nH]n3)ccc12. The van der Waals surface area contributed by atoms with E-state index in [4.69, 9.17) is 0 Å². The largest absolute Gasteiger partial charge is 0.366 e. The van der Waals surface area contributed by atoms with Crippen molar-refractivity contribution in [2.75, 3.05) is 5.32 Å². The Morgan fingerprint density at radius 1 is 1.12 bits per heavy atom. The highest BCUT2D eigenvalue weighted by Gasteiger charge is 2.29. The maximum atomic E-state index is 11.6. The lowest BCUT2D eigenvalue weighted by Crippen LogP contribution is -2.24. The molecule has 2 fully saturated rings. The van der Waals surface area contributed by atoms with Gasteiger partial charge >= 0.3 is 0 Å². The van der Waals surface area contributed by atoms with Gasteiger partial charge in [-0.1, -0.05) is 12.5 Å². The fraction of sp³-hybridized carbons (Fsp3) is 0.500. The molecule has 2 aromatic heterocycles. The van der Waals surface area contributed by atoms with Crippen LogP contribution in [-0.2, 0) is 6.42 Å². The van der Waals surface area contributed by atoms with Gasteiger partial charge in [-0.25, -0.2) is 0 Å². The van der Waals surface area contributed by atoms with Gasteiger partial charge in [0.05, 0.1) is 10.9 Å². The summed E-state index contributed by atoms with van der Waals surface area (Å²) < 4.78 is 0. The van der Waals surface area contributed by atoms with Crippen LogP contribution >= 0.6 is 0 Å². The van der Waals surface area contributed by atoms with E-state index in [-0.39, 0.29) is 5.56 Å². The predicted octanol–water partition coefficient (Wildman–Crippen LogP) is 3.67. The summed E-state index contributed by atoms with van der Waals surface area (Å²) in [7, 11) is 0. The van der Waals surface area contributed by atoms with Crippen LogP contribution in [0.1, 0.15) is 55.7 Å². The quantitative estimate of drug-likeness (QED) is 0.546. The minimum absolute atomic E-state index is 0.0452. The van der Waals surface area contributed by atoms with Crippen molar-refractivity contribution in [1.29, 1.82) is 0 Å². The van der Waals surface area contributed by atoms with Crippen molar-refractivity contribution in [3.8, 4) is 0 Å². The first-order chi connectivity index (χ1) is 12.8. The Morgan fingerprint density at radius 2 is 2.04 bits per heavy atom. The number of benzene rings is 1. The van der Waals surface area contributed by atoms with Crippen molar-refractivity contribution >= 4 is 16.7 Å². The van der Waals surface area contributed by atoms with Gasteiger partial charge in [0, 0.05) is 23.7 Å². The van der Waals surface area contributed by atoms with Crippen LogP contribution in [0.15, 0.2) is 29.1 Å². The molecule has 4 N–H and O–H groups in total. The fourth-order valence-corrected chi connectivity index (χ4v) is 4.37. The van der Waals surface area contributed by atoms with E-state index in [1.54, 1.807) is 0 Å². The first-order valence-corrected chi connectivity index (χ1v) is 9.77. The van der Waals surface area contributed by atoms with Gasteiger partial charge in [-0.05, 0) is 62.1 Å². The van der Waals surface area contributed by atoms with Crippen LogP contribution in [0.3, 0.4) is 0 Å². The molecule has 2 aliphatic carbocycles. The molecule has 0 radical (unpaired) electrons. The highest BCUT2D eigenvalue weighted by Crippen LogP contribution is 2.40. The topological polar surface area (TPSA) is 89.4 Å². The average molecular weight is 351 g/mol. The summed E-state index contributed by atoms with van der Waals surface area (Å²) >= 11 is 0. The molecule has 0 spiro atoms. The van der Waals surface area contributed by atoms with Gasteiger partial charge in [0.2, 0.25) is 0 Å². The van der Waals surface area contributed by atoms with Crippen LogP contribution in [-0.4, -0.2) is 26.4 Å². The lowest BCUT2D eigenvalue weighted by Gasteiger charge is -2.20. The summed E-state index contributed by atoms with van der Waals surface area (Å²) in [5.41, 5.74) is 3.43. The van der Waals surface area contributed by atoms with Gasteiger partial charge in [-0.2, -0.15) is 5.10 Å². The standard InChI is InChI=1S/C20H25N5O/c26-20-15-9-5-12(10-18(15)23-25-20)4-6-13-2-1-3-16(13)21-19-11-17(22-24-19)14-7-8-14/h5,9-11,13-14,16H,1-4,6-8H2,(H2,21,22,24)(H2,23,25,26). The predicted molar refractivity (Wildman–Crippen MR) is 103 cm³/mol. The number of nitrogens with one attached hydrogen (secondary N) is 4. The van der Waals surface area contributed by atoms with Crippen LogP contribution in [0, 0.1) is 5.92 Å².